The van der Waals surface area contributed by atoms with E-state index >= 15 is 0 Å². The van der Waals surface area contributed by atoms with E-state index < -0.39 is 0 Å². The first-order chi connectivity index (χ1) is 6.43. The van der Waals surface area contributed by atoms with Crippen LogP contribution in [0.4, 0.5) is 0 Å². The lowest BCUT2D eigenvalue weighted by atomic mass is 10.6. The number of thiazole rings is 1. The quantitative estimate of drug-likeness (QED) is 0.559. The van der Waals surface area contributed by atoms with Crippen molar-refractivity contribution < 1.29 is 4.74 Å². The maximum absolute atomic E-state index is 5.44. The van der Waals surface area contributed by atoms with E-state index in [1.54, 1.807) is 11.3 Å². The highest BCUT2D eigenvalue weighted by molar-refractivity contribution is 7.09. The molecular weight excluding hydrogens is 208 g/mol. The van der Waals surface area contributed by atoms with Gasteiger partial charge in [-0.1, -0.05) is 0 Å². The highest BCUT2D eigenvalue weighted by atomic mass is 35.5. The zero-order chi connectivity index (χ0) is 9.36. The van der Waals surface area contributed by atoms with E-state index in [9.17, 15) is 0 Å². The van der Waals surface area contributed by atoms with Gasteiger partial charge in [0.1, 0.15) is 5.01 Å². The van der Waals surface area contributed by atoms with Crippen LogP contribution in [0.3, 0.4) is 0 Å². The molecule has 1 rings (SSSR count). The Balaban J connectivity index is 1.90. The molecule has 0 fully saturated rings. The highest BCUT2D eigenvalue weighted by Gasteiger charge is 1.93. The number of alkyl halides is 1. The van der Waals surface area contributed by atoms with E-state index in [0.29, 0.717) is 19.1 Å². The number of hydrogen-bond donors (Lipinski definition) is 1. The van der Waals surface area contributed by atoms with E-state index in [1.165, 1.54) is 0 Å². The van der Waals surface area contributed by atoms with E-state index in [-0.39, 0.29) is 0 Å². The first-order valence-electron chi connectivity index (χ1n) is 4.16. The van der Waals surface area contributed by atoms with Crippen molar-refractivity contribution >= 4 is 22.9 Å². The molecule has 0 aromatic carbocycles. The zero-order valence-corrected chi connectivity index (χ0v) is 8.90. The zero-order valence-electron chi connectivity index (χ0n) is 7.33. The minimum Gasteiger partial charge on any atom is -0.379 e. The standard InChI is InChI=1S/C8H13ClN2OS/c9-1-4-12-5-2-10-7-8-11-3-6-13-8/h3,6,10H,1-2,4-5,7H2. The van der Waals surface area contributed by atoms with Gasteiger partial charge in [0, 0.05) is 30.5 Å². The molecule has 1 heterocycles. The fourth-order valence-corrected chi connectivity index (χ4v) is 1.53. The molecule has 0 aliphatic heterocycles. The van der Waals surface area contributed by atoms with Gasteiger partial charge in [-0.15, -0.1) is 22.9 Å². The van der Waals surface area contributed by atoms with Gasteiger partial charge in [-0.05, 0) is 0 Å². The molecule has 1 aromatic heterocycles. The van der Waals surface area contributed by atoms with Crippen LogP contribution in [-0.2, 0) is 11.3 Å². The summed E-state index contributed by atoms with van der Waals surface area (Å²) in [6, 6.07) is 0. The second kappa shape index (κ2) is 7.26. The number of aromatic nitrogens is 1. The minimum absolute atomic E-state index is 0.562. The van der Waals surface area contributed by atoms with Crippen molar-refractivity contribution in [3.63, 3.8) is 0 Å². The molecular formula is C8H13ClN2OS. The van der Waals surface area contributed by atoms with Gasteiger partial charge in [-0.3, -0.25) is 0 Å². The third kappa shape index (κ3) is 5.21. The number of nitrogens with one attached hydrogen (secondary N) is 1. The van der Waals surface area contributed by atoms with Gasteiger partial charge in [0.15, 0.2) is 0 Å². The number of nitrogens with zero attached hydrogens (tertiary/aromatic N) is 1. The fraction of sp³-hybridized carbons (Fsp3) is 0.625. The Morgan fingerprint density at radius 1 is 1.54 bits per heavy atom. The molecule has 74 valence electrons. The molecule has 0 atom stereocenters. The monoisotopic (exact) mass is 220 g/mol. The Labute approximate surface area is 87.1 Å². The summed E-state index contributed by atoms with van der Waals surface area (Å²) in [5.74, 6) is 0.562. The van der Waals surface area contributed by atoms with Crippen LogP contribution in [-0.4, -0.2) is 30.6 Å². The molecule has 0 aliphatic carbocycles. The lowest BCUT2D eigenvalue weighted by molar-refractivity contribution is 0.151. The molecule has 5 heteroatoms. The molecule has 0 saturated carbocycles. The topological polar surface area (TPSA) is 34.1 Å². The summed E-state index contributed by atoms with van der Waals surface area (Å²) in [5.41, 5.74) is 0. The molecule has 3 nitrogen and oxygen atoms in total. The molecule has 0 bridgehead atoms. The Morgan fingerprint density at radius 3 is 3.15 bits per heavy atom. The summed E-state index contributed by atoms with van der Waals surface area (Å²) in [7, 11) is 0. The van der Waals surface area contributed by atoms with Gasteiger partial charge in [-0.25, -0.2) is 4.98 Å². The third-order valence-electron chi connectivity index (χ3n) is 1.40. The Kier molecular flexibility index (Phi) is 6.10. The normalized spacial score (nSPS) is 10.5. The van der Waals surface area contributed by atoms with Crippen molar-refractivity contribution in [2.24, 2.45) is 0 Å². The smallest absolute Gasteiger partial charge is 0.106 e. The van der Waals surface area contributed by atoms with Gasteiger partial charge >= 0.3 is 0 Å². The summed E-state index contributed by atoms with van der Waals surface area (Å²) in [5, 5.41) is 6.31. The third-order valence-corrected chi connectivity index (χ3v) is 2.34. The second-order valence-electron chi connectivity index (χ2n) is 2.40. The van der Waals surface area contributed by atoms with E-state index in [1.807, 2.05) is 11.6 Å². The summed E-state index contributed by atoms with van der Waals surface area (Å²) >= 11 is 7.10. The molecule has 0 saturated heterocycles. The van der Waals surface area contributed by atoms with Crippen LogP contribution >= 0.6 is 22.9 Å². The van der Waals surface area contributed by atoms with Crippen LogP contribution in [0.25, 0.3) is 0 Å². The van der Waals surface area contributed by atoms with Gasteiger partial charge < -0.3 is 10.1 Å². The first-order valence-corrected chi connectivity index (χ1v) is 5.57. The number of rotatable bonds is 7. The number of ether oxygens (including phenoxy) is 1. The minimum atomic E-state index is 0.562. The molecule has 0 amide bonds. The molecule has 0 aliphatic rings. The van der Waals surface area contributed by atoms with E-state index in [4.69, 9.17) is 16.3 Å². The Hall–Kier alpha value is -0.160. The van der Waals surface area contributed by atoms with Gasteiger partial charge in [-0.2, -0.15) is 0 Å². The molecule has 0 spiro atoms. The van der Waals surface area contributed by atoms with Crippen LogP contribution < -0.4 is 5.32 Å². The average Bonchev–Trinajstić information content (AvgIpc) is 2.63. The van der Waals surface area contributed by atoms with Crippen LogP contribution in [0.15, 0.2) is 11.6 Å². The Morgan fingerprint density at radius 2 is 2.46 bits per heavy atom. The Bertz CT molecular complexity index is 206. The van der Waals surface area contributed by atoms with Crippen molar-refractivity contribution in [3.8, 4) is 0 Å². The summed E-state index contributed by atoms with van der Waals surface area (Å²) < 4.78 is 5.19. The van der Waals surface area contributed by atoms with Crippen molar-refractivity contribution in [3.05, 3.63) is 16.6 Å². The maximum Gasteiger partial charge on any atom is 0.106 e. The van der Waals surface area contributed by atoms with Crippen LogP contribution in [0.5, 0.6) is 0 Å². The lowest BCUT2D eigenvalue weighted by Gasteiger charge is -2.02. The summed E-state index contributed by atoms with van der Waals surface area (Å²) in [6.45, 7) is 3.00. The number of hydrogen-bond acceptors (Lipinski definition) is 4. The van der Waals surface area contributed by atoms with Crippen LogP contribution in [0, 0.1) is 0 Å². The second-order valence-corrected chi connectivity index (χ2v) is 3.76. The summed E-state index contributed by atoms with van der Waals surface area (Å²) in [4.78, 5) is 4.14. The predicted octanol–water partition coefficient (Wildman–Crippen LogP) is 1.49. The van der Waals surface area contributed by atoms with Crippen molar-refractivity contribution in [2.75, 3.05) is 25.6 Å². The van der Waals surface area contributed by atoms with Crippen LogP contribution in [0.1, 0.15) is 5.01 Å². The maximum atomic E-state index is 5.44. The molecule has 13 heavy (non-hydrogen) atoms. The van der Waals surface area contributed by atoms with Crippen molar-refractivity contribution in [1.82, 2.24) is 10.3 Å². The lowest BCUT2D eigenvalue weighted by Crippen LogP contribution is -2.19. The molecule has 1 aromatic rings. The molecule has 1 N–H and O–H groups in total. The van der Waals surface area contributed by atoms with Crippen LogP contribution in [0.2, 0.25) is 0 Å². The molecule has 0 unspecified atom stereocenters. The molecule has 0 radical (unpaired) electrons. The van der Waals surface area contributed by atoms with E-state index in [2.05, 4.69) is 10.3 Å². The van der Waals surface area contributed by atoms with Gasteiger partial charge in [0.05, 0.1) is 13.2 Å². The highest BCUT2D eigenvalue weighted by Crippen LogP contribution is 2.01. The largest absolute Gasteiger partial charge is 0.379 e. The average molecular weight is 221 g/mol. The number of halogens is 1. The SMILES string of the molecule is ClCCOCCNCc1nccs1. The van der Waals surface area contributed by atoms with Crippen molar-refractivity contribution in [2.45, 2.75) is 6.54 Å². The predicted molar refractivity (Wildman–Crippen MR) is 55.4 cm³/mol. The first kappa shape index (κ1) is 10.9. The van der Waals surface area contributed by atoms with Gasteiger partial charge in [0.2, 0.25) is 0 Å². The van der Waals surface area contributed by atoms with Crippen molar-refractivity contribution in [1.29, 1.82) is 0 Å². The van der Waals surface area contributed by atoms with Gasteiger partial charge in [0.25, 0.3) is 0 Å². The fourth-order valence-electron chi connectivity index (χ4n) is 0.837. The summed E-state index contributed by atoms with van der Waals surface area (Å²) in [6.07, 6.45) is 1.81. The van der Waals surface area contributed by atoms with E-state index in [0.717, 1.165) is 18.1 Å².